The Balaban J connectivity index is 1.64. The molecule has 130 valence electrons. The summed E-state index contributed by atoms with van der Waals surface area (Å²) in [5.74, 6) is 0.964. The molecule has 1 aliphatic rings. The number of para-hydroxylation sites is 2. The monoisotopic (exact) mass is 330 g/mol. The number of benzene rings is 1. The van der Waals surface area contributed by atoms with Crippen molar-refractivity contribution >= 4 is 17.1 Å². The van der Waals surface area contributed by atoms with Crippen molar-refractivity contribution in [2.24, 2.45) is 0 Å². The van der Waals surface area contributed by atoms with E-state index in [1.807, 2.05) is 49.9 Å². The molecule has 2 N–H and O–H groups in total. The van der Waals surface area contributed by atoms with E-state index in [1.54, 1.807) is 0 Å². The van der Waals surface area contributed by atoms with Gasteiger partial charge in [-0.25, -0.2) is 9.78 Å². The quantitative estimate of drug-likeness (QED) is 0.908. The Morgan fingerprint density at radius 3 is 2.92 bits per heavy atom. The van der Waals surface area contributed by atoms with E-state index in [0.29, 0.717) is 6.54 Å². The van der Waals surface area contributed by atoms with Crippen LogP contribution in [0.15, 0.2) is 24.3 Å². The number of nitrogens with zero attached hydrogens (tertiary/aromatic N) is 2. The minimum absolute atomic E-state index is 0.127. The number of amides is 1. The summed E-state index contributed by atoms with van der Waals surface area (Å²) in [6, 6.07) is 8.15. The molecule has 1 unspecified atom stereocenters. The van der Waals surface area contributed by atoms with Crippen LogP contribution in [-0.4, -0.2) is 52.2 Å². The number of H-pyrrole nitrogens is 1. The fourth-order valence-corrected chi connectivity index (χ4v) is 3.01. The maximum atomic E-state index is 12.4. The van der Waals surface area contributed by atoms with Crippen LogP contribution in [0.5, 0.6) is 0 Å². The molecule has 1 atom stereocenters. The Bertz CT molecular complexity index is 671. The van der Waals surface area contributed by atoms with Gasteiger partial charge < -0.3 is 19.9 Å². The van der Waals surface area contributed by atoms with Gasteiger partial charge in [-0.2, -0.15) is 0 Å². The van der Waals surface area contributed by atoms with Crippen LogP contribution in [0, 0.1) is 0 Å². The lowest BCUT2D eigenvalue weighted by atomic mass is 10.1. The molecule has 1 fully saturated rings. The van der Waals surface area contributed by atoms with Crippen LogP contribution in [-0.2, 0) is 11.2 Å². The number of hydrogen-bond acceptors (Lipinski definition) is 4. The van der Waals surface area contributed by atoms with Crippen LogP contribution in [0.4, 0.5) is 4.79 Å². The van der Waals surface area contributed by atoms with Crippen molar-refractivity contribution in [2.45, 2.75) is 45.3 Å². The Labute approximate surface area is 142 Å². The summed E-state index contributed by atoms with van der Waals surface area (Å²) in [4.78, 5) is 22.2. The van der Waals surface area contributed by atoms with Crippen molar-refractivity contribution < 1.29 is 9.53 Å². The van der Waals surface area contributed by atoms with E-state index < -0.39 is 5.60 Å². The number of carbonyl (C=O) groups is 1. The van der Waals surface area contributed by atoms with E-state index in [0.717, 1.165) is 42.8 Å². The lowest BCUT2D eigenvalue weighted by Crippen LogP contribution is -2.54. The Kier molecular flexibility index (Phi) is 4.76. The average molecular weight is 330 g/mol. The summed E-state index contributed by atoms with van der Waals surface area (Å²) in [5, 5.41) is 3.37. The molecule has 2 heterocycles. The number of imidazole rings is 1. The molecule has 1 aromatic heterocycles. The van der Waals surface area contributed by atoms with Gasteiger partial charge in [0.2, 0.25) is 0 Å². The summed E-state index contributed by atoms with van der Waals surface area (Å²) >= 11 is 0. The first-order valence-electron chi connectivity index (χ1n) is 8.56. The molecule has 0 saturated carbocycles. The smallest absolute Gasteiger partial charge is 0.410 e. The third kappa shape index (κ3) is 4.06. The molecule has 1 aromatic carbocycles. The molecule has 0 bridgehead atoms. The molecule has 6 heteroatoms. The van der Waals surface area contributed by atoms with Crippen LogP contribution in [0.1, 0.15) is 33.0 Å². The fraction of sp³-hybridized carbons (Fsp3) is 0.556. The van der Waals surface area contributed by atoms with Crippen molar-refractivity contribution in [2.75, 3.05) is 19.6 Å². The van der Waals surface area contributed by atoms with E-state index in [9.17, 15) is 4.79 Å². The van der Waals surface area contributed by atoms with Gasteiger partial charge >= 0.3 is 6.09 Å². The standard InChI is InChI=1S/C18H26N4O2/c1-18(2,3)24-17(23)22-11-10-19-12-13(22)8-9-16-20-14-6-4-5-7-15(14)21-16/h4-7,13,19H,8-12H2,1-3H3,(H,20,21). The molecular formula is C18H26N4O2. The molecule has 3 rings (SSSR count). The number of fused-ring (bicyclic) bond motifs is 1. The second kappa shape index (κ2) is 6.81. The number of aryl methyl sites for hydroxylation is 1. The van der Waals surface area contributed by atoms with Crippen LogP contribution in [0.25, 0.3) is 11.0 Å². The Morgan fingerprint density at radius 2 is 2.17 bits per heavy atom. The van der Waals surface area contributed by atoms with Crippen molar-refractivity contribution in [1.82, 2.24) is 20.2 Å². The molecule has 0 radical (unpaired) electrons. The van der Waals surface area contributed by atoms with Crippen LogP contribution >= 0.6 is 0 Å². The number of rotatable bonds is 3. The minimum atomic E-state index is -0.467. The van der Waals surface area contributed by atoms with Gasteiger partial charge in [-0.05, 0) is 39.3 Å². The van der Waals surface area contributed by atoms with Gasteiger partial charge in [0.15, 0.2) is 0 Å². The Hall–Kier alpha value is -2.08. The lowest BCUT2D eigenvalue weighted by molar-refractivity contribution is 0.0112. The van der Waals surface area contributed by atoms with E-state index in [4.69, 9.17) is 4.74 Å². The molecule has 2 aromatic rings. The maximum absolute atomic E-state index is 12.4. The fourth-order valence-electron chi connectivity index (χ4n) is 3.01. The van der Waals surface area contributed by atoms with E-state index in [2.05, 4.69) is 15.3 Å². The summed E-state index contributed by atoms with van der Waals surface area (Å²) in [5.41, 5.74) is 1.57. The molecule has 1 aliphatic heterocycles. The third-order valence-corrected chi connectivity index (χ3v) is 4.13. The summed E-state index contributed by atoms with van der Waals surface area (Å²) in [7, 11) is 0. The van der Waals surface area contributed by atoms with Crippen molar-refractivity contribution in [3.8, 4) is 0 Å². The molecule has 0 spiro atoms. The number of ether oxygens (including phenoxy) is 1. The van der Waals surface area contributed by atoms with Gasteiger partial charge in [-0.15, -0.1) is 0 Å². The van der Waals surface area contributed by atoms with Gasteiger partial charge in [0.1, 0.15) is 11.4 Å². The van der Waals surface area contributed by atoms with Gasteiger partial charge in [0.05, 0.1) is 11.0 Å². The second-order valence-electron chi connectivity index (χ2n) is 7.27. The van der Waals surface area contributed by atoms with Crippen molar-refractivity contribution in [3.05, 3.63) is 30.1 Å². The number of carbonyl (C=O) groups excluding carboxylic acids is 1. The van der Waals surface area contributed by atoms with Crippen molar-refractivity contribution in [3.63, 3.8) is 0 Å². The SMILES string of the molecule is CC(C)(C)OC(=O)N1CCNCC1CCc1nc2ccccc2[nH]1. The van der Waals surface area contributed by atoms with Crippen LogP contribution < -0.4 is 5.32 Å². The molecule has 1 amide bonds. The number of piperazine rings is 1. The average Bonchev–Trinajstić information content (AvgIpc) is 2.94. The van der Waals surface area contributed by atoms with Gasteiger partial charge in [0, 0.05) is 32.1 Å². The number of hydrogen-bond donors (Lipinski definition) is 2. The summed E-state index contributed by atoms with van der Waals surface area (Å²) in [6.07, 6.45) is 1.44. The zero-order valence-electron chi connectivity index (χ0n) is 14.6. The highest BCUT2D eigenvalue weighted by molar-refractivity contribution is 5.74. The number of nitrogens with one attached hydrogen (secondary N) is 2. The van der Waals surface area contributed by atoms with Gasteiger partial charge in [-0.1, -0.05) is 12.1 Å². The van der Waals surface area contributed by atoms with E-state index >= 15 is 0 Å². The van der Waals surface area contributed by atoms with Gasteiger partial charge in [0.25, 0.3) is 0 Å². The molecule has 0 aliphatic carbocycles. The number of aromatic amines is 1. The molecule has 6 nitrogen and oxygen atoms in total. The zero-order valence-corrected chi connectivity index (χ0v) is 14.6. The first-order valence-corrected chi connectivity index (χ1v) is 8.56. The zero-order chi connectivity index (χ0) is 17.2. The van der Waals surface area contributed by atoms with Crippen LogP contribution in [0.2, 0.25) is 0 Å². The first kappa shape index (κ1) is 16.8. The van der Waals surface area contributed by atoms with Crippen LogP contribution in [0.3, 0.4) is 0 Å². The highest BCUT2D eigenvalue weighted by Gasteiger charge is 2.30. The molecule has 24 heavy (non-hydrogen) atoms. The third-order valence-electron chi connectivity index (χ3n) is 4.13. The largest absolute Gasteiger partial charge is 0.444 e. The Morgan fingerprint density at radius 1 is 1.38 bits per heavy atom. The highest BCUT2D eigenvalue weighted by Crippen LogP contribution is 2.17. The number of aromatic nitrogens is 2. The topological polar surface area (TPSA) is 70.2 Å². The molecule has 1 saturated heterocycles. The van der Waals surface area contributed by atoms with E-state index in [-0.39, 0.29) is 12.1 Å². The van der Waals surface area contributed by atoms with Gasteiger partial charge in [-0.3, -0.25) is 0 Å². The highest BCUT2D eigenvalue weighted by atomic mass is 16.6. The van der Waals surface area contributed by atoms with Crippen molar-refractivity contribution in [1.29, 1.82) is 0 Å². The summed E-state index contributed by atoms with van der Waals surface area (Å²) in [6.45, 7) is 7.98. The summed E-state index contributed by atoms with van der Waals surface area (Å²) < 4.78 is 5.54. The normalized spacial score (nSPS) is 18.8. The minimum Gasteiger partial charge on any atom is -0.444 e. The second-order valence-corrected chi connectivity index (χ2v) is 7.27. The maximum Gasteiger partial charge on any atom is 0.410 e. The van der Waals surface area contributed by atoms with E-state index in [1.165, 1.54) is 0 Å². The first-order chi connectivity index (χ1) is 11.4. The lowest BCUT2D eigenvalue weighted by Gasteiger charge is -2.37. The predicted molar refractivity (Wildman–Crippen MR) is 94.0 cm³/mol. The molecular weight excluding hydrogens is 304 g/mol. The predicted octanol–water partition coefficient (Wildman–Crippen LogP) is 2.70.